The van der Waals surface area contributed by atoms with E-state index in [2.05, 4.69) is 14.9 Å². The molecule has 146 valence electrons. The fraction of sp³-hybridized carbons (Fsp3) is 0.176. The van der Waals surface area contributed by atoms with E-state index in [-0.39, 0.29) is 17.2 Å². The quantitative estimate of drug-likeness (QED) is 0.422. The van der Waals surface area contributed by atoms with Crippen LogP contribution in [0.4, 0.5) is 0 Å². The lowest BCUT2D eigenvalue weighted by molar-refractivity contribution is -0.427. The predicted molar refractivity (Wildman–Crippen MR) is 100 cm³/mol. The minimum Gasteiger partial charge on any atom is -0.490 e. The molecule has 0 fully saturated rings. The lowest BCUT2D eigenvalue weighted by Gasteiger charge is -2.18. The number of ether oxygens (including phenoxy) is 2. The zero-order valence-electron chi connectivity index (χ0n) is 14.7. The number of hydrogen-bond acceptors (Lipinski definition) is 8. The number of fused-ring (bicyclic) bond motifs is 1. The van der Waals surface area contributed by atoms with Crippen LogP contribution in [0.15, 0.2) is 52.4 Å². The van der Waals surface area contributed by atoms with E-state index in [0.29, 0.717) is 29.2 Å². The number of rotatable bonds is 7. The third-order valence-electron chi connectivity index (χ3n) is 3.66. The highest BCUT2D eigenvalue weighted by molar-refractivity contribution is 7.89. The molecule has 2 aromatic rings. The second-order valence-corrected chi connectivity index (χ2v) is 7.25. The monoisotopic (exact) mass is 404 g/mol. The SMILES string of the molecule is CCOc1cc(C=NNS(=O)(=O)c2cccnc2)cc2c1OCC([N+](=O)[O-])=C2. The second-order valence-electron chi connectivity index (χ2n) is 5.59. The van der Waals surface area contributed by atoms with Crippen LogP contribution in [0.3, 0.4) is 0 Å². The van der Waals surface area contributed by atoms with Gasteiger partial charge in [0.25, 0.3) is 15.7 Å². The average molecular weight is 404 g/mol. The number of nitro groups is 1. The predicted octanol–water partition coefficient (Wildman–Crippen LogP) is 1.80. The van der Waals surface area contributed by atoms with Crippen molar-refractivity contribution in [3.8, 4) is 11.5 Å². The Hall–Kier alpha value is -3.47. The van der Waals surface area contributed by atoms with E-state index in [1.54, 1.807) is 19.1 Å². The molecule has 3 rings (SSSR count). The van der Waals surface area contributed by atoms with E-state index in [9.17, 15) is 18.5 Å². The third kappa shape index (κ3) is 4.26. The Bertz CT molecular complexity index is 1050. The van der Waals surface area contributed by atoms with Crippen LogP contribution in [-0.2, 0) is 10.0 Å². The Morgan fingerprint density at radius 3 is 2.96 bits per heavy atom. The van der Waals surface area contributed by atoms with E-state index in [1.807, 2.05) is 0 Å². The van der Waals surface area contributed by atoms with E-state index in [1.165, 1.54) is 36.8 Å². The third-order valence-corrected chi connectivity index (χ3v) is 4.87. The largest absolute Gasteiger partial charge is 0.490 e. The topological polar surface area (TPSA) is 133 Å². The molecule has 0 amide bonds. The molecule has 0 atom stereocenters. The molecule has 1 aromatic heterocycles. The first kappa shape index (κ1) is 19.3. The van der Waals surface area contributed by atoms with Gasteiger partial charge < -0.3 is 9.47 Å². The summed E-state index contributed by atoms with van der Waals surface area (Å²) in [4.78, 5) is 16.3. The second kappa shape index (κ2) is 8.05. The van der Waals surface area contributed by atoms with E-state index < -0.39 is 14.9 Å². The average Bonchev–Trinajstić information content (AvgIpc) is 2.68. The van der Waals surface area contributed by atoms with Gasteiger partial charge in [-0.2, -0.15) is 13.5 Å². The van der Waals surface area contributed by atoms with Gasteiger partial charge in [0.1, 0.15) is 4.90 Å². The normalized spacial score (nSPS) is 13.4. The van der Waals surface area contributed by atoms with Crippen LogP contribution in [0.25, 0.3) is 6.08 Å². The zero-order chi connectivity index (χ0) is 20.1. The molecule has 28 heavy (non-hydrogen) atoms. The number of sulfonamides is 1. The fourth-order valence-electron chi connectivity index (χ4n) is 2.45. The van der Waals surface area contributed by atoms with Crippen LogP contribution in [0, 0.1) is 10.1 Å². The maximum Gasteiger partial charge on any atom is 0.284 e. The van der Waals surface area contributed by atoms with Crippen molar-refractivity contribution in [2.45, 2.75) is 11.8 Å². The maximum atomic E-state index is 12.1. The number of aromatic nitrogens is 1. The lowest BCUT2D eigenvalue weighted by Crippen LogP contribution is -2.18. The molecule has 10 nitrogen and oxygen atoms in total. The number of nitrogens with one attached hydrogen (secondary N) is 1. The van der Waals surface area contributed by atoms with Gasteiger partial charge in [-0.15, -0.1) is 0 Å². The summed E-state index contributed by atoms with van der Waals surface area (Å²) in [6.07, 6.45) is 5.31. The van der Waals surface area contributed by atoms with E-state index >= 15 is 0 Å². The molecule has 1 aliphatic heterocycles. The highest BCUT2D eigenvalue weighted by atomic mass is 32.2. The summed E-state index contributed by atoms with van der Waals surface area (Å²) < 4.78 is 35.3. The Morgan fingerprint density at radius 2 is 2.29 bits per heavy atom. The molecule has 11 heteroatoms. The summed E-state index contributed by atoms with van der Waals surface area (Å²) in [5.74, 6) is 0.774. The first-order valence-electron chi connectivity index (χ1n) is 8.14. The summed E-state index contributed by atoms with van der Waals surface area (Å²) in [7, 11) is -3.86. The molecule has 1 aromatic carbocycles. The molecule has 0 aliphatic carbocycles. The fourth-order valence-corrected chi connectivity index (χ4v) is 3.20. The summed E-state index contributed by atoms with van der Waals surface area (Å²) in [6, 6.07) is 6.07. The van der Waals surface area contributed by atoms with Crippen molar-refractivity contribution in [1.29, 1.82) is 0 Å². The van der Waals surface area contributed by atoms with Gasteiger partial charge in [-0.05, 0) is 36.8 Å². The van der Waals surface area contributed by atoms with Crippen molar-refractivity contribution < 1.29 is 22.8 Å². The Kier molecular flexibility index (Phi) is 5.54. The van der Waals surface area contributed by atoms with E-state index in [0.717, 1.165) is 0 Å². The van der Waals surface area contributed by atoms with Crippen molar-refractivity contribution in [2.24, 2.45) is 5.10 Å². The van der Waals surface area contributed by atoms with Crippen LogP contribution in [0.1, 0.15) is 18.1 Å². The lowest BCUT2D eigenvalue weighted by atomic mass is 10.1. The van der Waals surface area contributed by atoms with Gasteiger partial charge in [0.2, 0.25) is 0 Å². The van der Waals surface area contributed by atoms with Crippen LogP contribution in [0.5, 0.6) is 11.5 Å². The summed E-state index contributed by atoms with van der Waals surface area (Å²) in [5, 5.41) is 14.7. The molecule has 2 heterocycles. The highest BCUT2D eigenvalue weighted by Gasteiger charge is 2.23. The molecule has 1 aliphatic rings. The van der Waals surface area contributed by atoms with Gasteiger partial charge in [-0.25, -0.2) is 4.83 Å². The van der Waals surface area contributed by atoms with Crippen molar-refractivity contribution in [3.63, 3.8) is 0 Å². The van der Waals surface area contributed by atoms with Gasteiger partial charge in [0.05, 0.1) is 17.7 Å². The van der Waals surface area contributed by atoms with Gasteiger partial charge in [-0.1, -0.05) is 0 Å². The van der Waals surface area contributed by atoms with Crippen LogP contribution >= 0.6 is 0 Å². The number of nitrogens with zero attached hydrogens (tertiary/aromatic N) is 3. The standard InChI is InChI=1S/C17H16N4O6S/c1-2-26-16-7-12(6-13-8-14(21(22)23)11-27-17(13)16)9-19-20-28(24,25)15-4-3-5-18-10-15/h3-10,20H,2,11H2,1H3. The summed E-state index contributed by atoms with van der Waals surface area (Å²) in [5.41, 5.74) is 0.822. The first-order chi connectivity index (χ1) is 13.4. The van der Waals surface area contributed by atoms with E-state index in [4.69, 9.17) is 9.47 Å². The minimum atomic E-state index is -3.86. The molecule has 0 radical (unpaired) electrons. The van der Waals surface area contributed by atoms with Crippen LogP contribution < -0.4 is 14.3 Å². The molecule has 0 saturated carbocycles. The molecule has 0 unspecified atom stereocenters. The smallest absolute Gasteiger partial charge is 0.284 e. The number of pyridine rings is 1. The van der Waals surface area contributed by atoms with Crippen LogP contribution in [-0.4, -0.2) is 37.8 Å². The van der Waals surface area contributed by atoms with Crippen molar-refractivity contribution in [2.75, 3.05) is 13.2 Å². The number of benzene rings is 1. The molecular formula is C17H16N4O6S. The zero-order valence-corrected chi connectivity index (χ0v) is 15.5. The Balaban J connectivity index is 1.88. The van der Waals surface area contributed by atoms with Gasteiger partial charge in [0.15, 0.2) is 18.1 Å². The molecule has 1 N–H and O–H groups in total. The Labute approximate surface area is 160 Å². The van der Waals surface area contributed by atoms with Crippen molar-refractivity contribution in [1.82, 2.24) is 9.82 Å². The van der Waals surface area contributed by atoms with Crippen molar-refractivity contribution in [3.05, 3.63) is 63.6 Å². The van der Waals surface area contributed by atoms with Gasteiger partial charge in [0, 0.05) is 24.0 Å². The van der Waals surface area contributed by atoms with Gasteiger partial charge >= 0.3 is 0 Å². The van der Waals surface area contributed by atoms with Crippen molar-refractivity contribution >= 4 is 22.3 Å². The summed E-state index contributed by atoms with van der Waals surface area (Å²) in [6.45, 7) is 1.98. The molecule has 0 saturated heterocycles. The first-order valence-corrected chi connectivity index (χ1v) is 9.62. The maximum absolute atomic E-state index is 12.1. The number of hydrazone groups is 1. The molecule has 0 spiro atoms. The number of hydrogen-bond donors (Lipinski definition) is 1. The van der Waals surface area contributed by atoms with Crippen LogP contribution in [0.2, 0.25) is 0 Å². The molecular weight excluding hydrogens is 388 g/mol. The van der Waals surface area contributed by atoms with Gasteiger partial charge in [-0.3, -0.25) is 15.1 Å². The molecule has 0 bridgehead atoms. The Morgan fingerprint density at radius 1 is 1.46 bits per heavy atom. The summed E-state index contributed by atoms with van der Waals surface area (Å²) >= 11 is 0. The highest BCUT2D eigenvalue weighted by Crippen LogP contribution is 2.37. The minimum absolute atomic E-state index is 0.0282.